The predicted molar refractivity (Wildman–Crippen MR) is 185 cm³/mol. The molecule has 0 fully saturated rings. The fourth-order valence-electron chi connectivity index (χ4n) is 6.61. The van der Waals surface area contributed by atoms with Crippen LogP contribution >= 0.6 is 11.3 Å². The van der Waals surface area contributed by atoms with Gasteiger partial charge in [0.05, 0.1) is 26.5 Å². The Balaban J connectivity index is 1.47. The number of rotatable bonds is 3. The van der Waals surface area contributed by atoms with Crippen LogP contribution in [-0.2, 0) is 0 Å². The van der Waals surface area contributed by atoms with E-state index in [1.807, 2.05) is 11.3 Å². The lowest BCUT2D eigenvalue weighted by Gasteiger charge is -2.31. The van der Waals surface area contributed by atoms with E-state index in [9.17, 15) is 0 Å². The number of anilines is 6. The highest BCUT2D eigenvalue weighted by Gasteiger charge is 2.26. The standard InChI is InChI=1S/C40H26N2S/c1-3-12-27(13-4-1)29-24-31-26-32(25-29)42(36-21-9-15-28-14-7-8-18-33(28)36)38-23-11-20-35-34-19-10-22-37(39(34)43-40(35)38)41(31)30-16-5-2-6-17-30/h1-26H. The van der Waals surface area contributed by atoms with Crippen LogP contribution in [0.1, 0.15) is 0 Å². The van der Waals surface area contributed by atoms with Crippen molar-refractivity contribution in [3.05, 3.63) is 158 Å². The number of fused-ring (bicyclic) bond motifs is 4. The molecule has 0 saturated heterocycles. The molecule has 1 aliphatic rings. The van der Waals surface area contributed by atoms with Crippen LogP contribution in [0.25, 0.3) is 42.1 Å². The third-order valence-electron chi connectivity index (χ3n) is 8.51. The molecular weight excluding hydrogens is 541 g/mol. The number of hydrogen-bond acceptors (Lipinski definition) is 3. The van der Waals surface area contributed by atoms with E-state index in [0.29, 0.717) is 0 Å². The number of benzene rings is 7. The summed E-state index contributed by atoms with van der Waals surface area (Å²) >= 11 is 1.89. The molecule has 0 radical (unpaired) electrons. The SMILES string of the molecule is c1ccc(-c2cc3cc(c2)N(c2cccc4ccccc24)c2cccc4c2sc2c(cccc24)N3c2ccccc2)cc1. The molecule has 1 aromatic heterocycles. The van der Waals surface area contributed by atoms with E-state index in [2.05, 4.69) is 168 Å². The maximum atomic E-state index is 2.48. The second-order valence-electron chi connectivity index (χ2n) is 11.0. The smallest absolute Gasteiger partial charge is 0.0640 e. The zero-order valence-corrected chi connectivity index (χ0v) is 24.1. The van der Waals surface area contributed by atoms with Crippen molar-refractivity contribution >= 4 is 76.4 Å². The van der Waals surface area contributed by atoms with Crippen molar-refractivity contribution < 1.29 is 0 Å². The summed E-state index contributed by atoms with van der Waals surface area (Å²) in [4.78, 5) is 4.91. The normalized spacial score (nSPS) is 12.6. The molecular formula is C40H26N2S. The molecule has 9 rings (SSSR count). The van der Waals surface area contributed by atoms with Crippen molar-refractivity contribution in [1.82, 2.24) is 0 Å². The van der Waals surface area contributed by atoms with E-state index in [4.69, 9.17) is 0 Å². The summed E-state index contributed by atoms with van der Waals surface area (Å²) in [5, 5.41) is 5.04. The Hall–Kier alpha value is -5.38. The van der Waals surface area contributed by atoms with Gasteiger partial charge in [0.2, 0.25) is 0 Å². The van der Waals surface area contributed by atoms with Gasteiger partial charge in [-0.05, 0) is 65.0 Å². The van der Waals surface area contributed by atoms with Crippen molar-refractivity contribution in [2.24, 2.45) is 0 Å². The second-order valence-corrected chi connectivity index (χ2v) is 12.0. The molecule has 0 saturated carbocycles. The molecule has 2 nitrogen and oxygen atoms in total. The Morgan fingerprint density at radius 3 is 1.63 bits per heavy atom. The summed E-state index contributed by atoms with van der Waals surface area (Å²) in [5.41, 5.74) is 9.35. The lowest BCUT2D eigenvalue weighted by atomic mass is 10.0. The Morgan fingerprint density at radius 2 is 0.884 bits per heavy atom. The lowest BCUT2D eigenvalue weighted by molar-refractivity contribution is 1.27. The maximum absolute atomic E-state index is 2.48. The highest BCUT2D eigenvalue weighted by molar-refractivity contribution is 7.27. The van der Waals surface area contributed by atoms with E-state index in [-0.39, 0.29) is 0 Å². The molecule has 0 aliphatic carbocycles. The van der Waals surface area contributed by atoms with Gasteiger partial charge in [0.1, 0.15) is 0 Å². The van der Waals surface area contributed by atoms with Crippen molar-refractivity contribution in [2.45, 2.75) is 0 Å². The van der Waals surface area contributed by atoms with Crippen LogP contribution < -0.4 is 9.80 Å². The Morgan fingerprint density at radius 1 is 0.349 bits per heavy atom. The van der Waals surface area contributed by atoms with Gasteiger partial charge >= 0.3 is 0 Å². The minimum atomic E-state index is 1.13. The summed E-state index contributed by atoms with van der Waals surface area (Å²) in [6, 6.07) is 57.4. The summed E-state index contributed by atoms with van der Waals surface area (Å²) < 4.78 is 2.58. The molecule has 8 aromatic rings. The topological polar surface area (TPSA) is 6.48 Å². The van der Waals surface area contributed by atoms with E-state index in [1.165, 1.54) is 59.1 Å². The Kier molecular flexibility index (Phi) is 5.40. The molecule has 0 amide bonds. The van der Waals surface area contributed by atoms with Gasteiger partial charge in [-0.3, -0.25) is 0 Å². The minimum Gasteiger partial charge on any atom is -0.309 e. The first-order chi connectivity index (χ1) is 21.3. The molecule has 0 N–H and O–H groups in total. The molecule has 2 heterocycles. The molecule has 3 heteroatoms. The summed E-state index contributed by atoms with van der Waals surface area (Å²) in [5.74, 6) is 0. The van der Waals surface area contributed by atoms with Crippen LogP contribution in [0, 0.1) is 0 Å². The highest BCUT2D eigenvalue weighted by Crippen LogP contribution is 2.52. The molecule has 202 valence electrons. The summed E-state index contributed by atoms with van der Waals surface area (Å²) in [6.07, 6.45) is 0. The first kappa shape index (κ1) is 24.2. The summed E-state index contributed by atoms with van der Waals surface area (Å²) in [7, 11) is 0. The first-order valence-corrected chi connectivity index (χ1v) is 15.4. The molecule has 0 unspecified atom stereocenters. The van der Waals surface area contributed by atoms with E-state index in [0.717, 1.165) is 17.1 Å². The number of nitrogens with zero attached hydrogens (tertiary/aromatic N) is 2. The van der Waals surface area contributed by atoms with Crippen molar-refractivity contribution in [3.8, 4) is 11.1 Å². The fraction of sp³-hybridized carbons (Fsp3) is 0. The maximum Gasteiger partial charge on any atom is 0.0640 e. The number of thiophene rings is 1. The van der Waals surface area contributed by atoms with E-state index in [1.54, 1.807) is 0 Å². The van der Waals surface area contributed by atoms with Crippen LogP contribution in [0.15, 0.2) is 158 Å². The third kappa shape index (κ3) is 3.79. The van der Waals surface area contributed by atoms with E-state index < -0.39 is 0 Å². The highest BCUT2D eigenvalue weighted by atomic mass is 32.1. The van der Waals surface area contributed by atoms with Crippen LogP contribution in [0.4, 0.5) is 34.1 Å². The molecule has 0 spiro atoms. The zero-order valence-electron chi connectivity index (χ0n) is 23.3. The van der Waals surface area contributed by atoms with Gasteiger partial charge in [-0.1, -0.05) is 109 Å². The molecule has 1 aliphatic heterocycles. The monoisotopic (exact) mass is 566 g/mol. The minimum absolute atomic E-state index is 1.13. The van der Waals surface area contributed by atoms with Crippen molar-refractivity contribution in [3.63, 3.8) is 0 Å². The van der Waals surface area contributed by atoms with Gasteiger partial charge in [0.25, 0.3) is 0 Å². The fourth-order valence-corrected chi connectivity index (χ4v) is 7.92. The number of hydrogen-bond donors (Lipinski definition) is 0. The van der Waals surface area contributed by atoms with Gasteiger partial charge in [-0.25, -0.2) is 0 Å². The predicted octanol–water partition coefficient (Wildman–Crippen LogP) is 12.1. The van der Waals surface area contributed by atoms with Crippen LogP contribution in [0.3, 0.4) is 0 Å². The molecule has 43 heavy (non-hydrogen) atoms. The largest absolute Gasteiger partial charge is 0.309 e. The van der Waals surface area contributed by atoms with Crippen LogP contribution in [0.5, 0.6) is 0 Å². The quantitative estimate of drug-likeness (QED) is 0.210. The average Bonchev–Trinajstić information content (AvgIpc) is 3.46. The van der Waals surface area contributed by atoms with E-state index >= 15 is 0 Å². The number of para-hydroxylation sites is 1. The molecule has 0 atom stereocenters. The first-order valence-electron chi connectivity index (χ1n) is 14.6. The Bertz CT molecular complexity index is 2300. The Labute approximate surface area is 254 Å². The van der Waals surface area contributed by atoms with Gasteiger partial charge in [0, 0.05) is 33.2 Å². The van der Waals surface area contributed by atoms with Crippen LogP contribution in [0.2, 0.25) is 0 Å². The zero-order chi connectivity index (χ0) is 28.3. The van der Waals surface area contributed by atoms with Gasteiger partial charge in [-0.15, -0.1) is 11.3 Å². The summed E-state index contributed by atoms with van der Waals surface area (Å²) in [6.45, 7) is 0. The van der Waals surface area contributed by atoms with Crippen molar-refractivity contribution in [1.29, 1.82) is 0 Å². The molecule has 4 bridgehead atoms. The second kappa shape index (κ2) is 9.59. The average molecular weight is 567 g/mol. The van der Waals surface area contributed by atoms with Gasteiger partial charge < -0.3 is 9.80 Å². The van der Waals surface area contributed by atoms with Crippen molar-refractivity contribution in [2.75, 3.05) is 9.80 Å². The lowest BCUT2D eigenvalue weighted by Crippen LogP contribution is -2.14. The van der Waals surface area contributed by atoms with Crippen LogP contribution in [-0.4, -0.2) is 0 Å². The molecule has 7 aromatic carbocycles. The van der Waals surface area contributed by atoms with Gasteiger partial charge in [0.15, 0.2) is 0 Å². The van der Waals surface area contributed by atoms with Gasteiger partial charge in [-0.2, -0.15) is 0 Å². The third-order valence-corrected chi connectivity index (χ3v) is 9.78.